The normalized spacial score (nSPS) is 15.4. The Morgan fingerprint density at radius 2 is 1.77 bits per heavy atom. The van der Waals surface area contributed by atoms with E-state index >= 15 is 0 Å². The van der Waals surface area contributed by atoms with Crippen molar-refractivity contribution < 1.29 is 8.42 Å². The predicted octanol–water partition coefficient (Wildman–Crippen LogP) is 3.97. The molecule has 0 unspecified atom stereocenters. The second-order valence-corrected chi connectivity index (χ2v) is 9.70. The number of H-pyrrole nitrogens is 1. The van der Waals surface area contributed by atoms with Crippen LogP contribution in [0.2, 0.25) is 0 Å². The van der Waals surface area contributed by atoms with Crippen LogP contribution in [-0.2, 0) is 16.6 Å². The summed E-state index contributed by atoms with van der Waals surface area (Å²) in [6.07, 6.45) is 6.54. The largest absolute Gasteiger partial charge is 0.361 e. The summed E-state index contributed by atoms with van der Waals surface area (Å²) in [6.45, 7) is 1.96. The minimum atomic E-state index is -3.69. The summed E-state index contributed by atoms with van der Waals surface area (Å²) in [5.74, 6) is 1.37. The van der Waals surface area contributed by atoms with E-state index in [-0.39, 0.29) is 11.4 Å². The number of anilines is 1. The molecule has 1 aliphatic rings. The fourth-order valence-corrected chi connectivity index (χ4v) is 5.15. The van der Waals surface area contributed by atoms with Crippen LogP contribution in [0.3, 0.4) is 0 Å². The average Bonchev–Trinajstić information content (AvgIpc) is 3.09. The summed E-state index contributed by atoms with van der Waals surface area (Å²) in [5, 5.41) is 1.98. The van der Waals surface area contributed by atoms with E-state index in [1.165, 1.54) is 12.8 Å². The van der Waals surface area contributed by atoms with Gasteiger partial charge in [-0.25, -0.2) is 23.1 Å². The summed E-state index contributed by atoms with van der Waals surface area (Å²) in [5.41, 5.74) is 1.62. The number of nitrogens with one attached hydrogen (secondary N) is 2. The molecular weight excluding hydrogens is 410 g/mol. The van der Waals surface area contributed by atoms with Crippen LogP contribution in [0.15, 0.2) is 59.6 Å². The predicted molar refractivity (Wildman–Crippen MR) is 123 cm³/mol. The fraction of sp³-hybridized carbons (Fsp3) is 0.304. The number of hydrogen-bond acceptors (Lipinski definition) is 5. The maximum atomic E-state index is 12.9. The zero-order valence-corrected chi connectivity index (χ0v) is 18.0. The van der Waals surface area contributed by atoms with E-state index in [9.17, 15) is 8.42 Å². The molecule has 1 saturated heterocycles. The minimum absolute atomic E-state index is 0.0385. The van der Waals surface area contributed by atoms with Crippen LogP contribution in [0.25, 0.3) is 21.8 Å². The molecule has 0 aliphatic carbocycles. The Morgan fingerprint density at radius 3 is 2.61 bits per heavy atom. The molecule has 2 aromatic carbocycles. The molecule has 2 N–H and O–H groups in total. The van der Waals surface area contributed by atoms with Gasteiger partial charge in [0.2, 0.25) is 10.0 Å². The molecule has 31 heavy (non-hydrogen) atoms. The van der Waals surface area contributed by atoms with Gasteiger partial charge in [-0.1, -0.05) is 31.0 Å². The Kier molecular flexibility index (Phi) is 5.33. The fourth-order valence-electron chi connectivity index (χ4n) is 4.15. The third kappa shape index (κ3) is 4.13. The molecule has 0 radical (unpaired) electrons. The smallest absolute Gasteiger partial charge is 0.241 e. The average molecular weight is 436 g/mol. The molecule has 0 saturated carbocycles. The number of fused-ring (bicyclic) bond motifs is 2. The van der Waals surface area contributed by atoms with Gasteiger partial charge in [0.05, 0.1) is 17.0 Å². The lowest BCUT2D eigenvalue weighted by atomic mass is 10.2. The van der Waals surface area contributed by atoms with E-state index in [0.717, 1.165) is 53.6 Å². The van der Waals surface area contributed by atoms with Crippen LogP contribution in [-0.4, -0.2) is 36.5 Å². The van der Waals surface area contributed by atoms with Gasteiger partial charge in [-0.05, 0) is 48.6 Å². The molecule has 2 aromatic heterocycles. The second-order valence-electron chi connectivity index (χ2n) is 7.93. The molecule has 3 heterocycles. The summed E-state index contributed by atoms with van der Waals surface area (Å²) < 4.78 is 28.4. The molecule has 160 valence electrons. The highest BCUT2D eigenvalue weighted by molar-refractivity contribution is 7.89. The third-order valence-electron chi connectivity index (χ3n) is 5.79. The van der Waals surface area contributed by atoms with Crippen LogP contribution in [0.5, 0.6) is 0 Å². The van der Waals surface area contributed by atoms with Gasteiger partial charge in [0.1, 0.15) is 11.6 Å². The first kappa shape index (κ1) is 20.0. The monoisotopic (exact) mass is 435 g/mol. The topological polar surface area (TPSA) is 91.0 Å². The molecule has 8 heteroatoms. The lowest BCUT2D eigenvalue weighted by molar-refractivity contribution is 0.579. The first-order valence-electron chi connectivity index (χ1n) is 10.7. The lowest BCUT2D eigenvalue weighted by Crippen LogP contribution is -2.27. The Morgan fingerprint density at radius 1 is 0.968 bits per heavy atom. The van der Waals surface area contributed by atoms with Gasteiger partial charge in [-0.3, -0.25) is 0 Å². The van der Waals surface area contributed by atoms with Gasteiger partial charge in [-0.2, -0.15) is 0 Å². The number of nitrogens with zero attached hydrogens (tertiary/aromatic N) is 3. The van der Waals surface area contributed by atoms with Crippen molar-refractivity contribution in [2.75, 3.05) is 18.0 Å². The molecule has 1 aliphatic heterocycles. The number of sulfonamides is 1. The Balaban J connectivity index is 1.44. The molecule has 1 fully saturated rings. The molecule has 4 aromatic rings. The third-order valence-corrected chi connectivity index (χ3v) is 7.19. The van der Waals surface area contributed by atoms with Crippen LogP contribution >= 0.6 is 0 Å². The van der Waals surface area contributed by atoms with E-state index in [1.807, 2.05) is 30.3 Å². The molecule has 5 rings (SSSR count). The first-order valence-corrected chi connectivity index (χ1v) is 12.2. The number of rotatable bonds is 5. The first-order chi connectivity index (χ1) is 15.1. The number of benzene rings is 2. The molecule has 0 bridgehead atoms. The van der Waals surface area contributed by atoms with Crippen LogP contribution in [0.1, 0.15) is 31.5 Å². The van der Waals surface area contributed by atoms with Crippen molar-refractivity contribution in [3.05, 3.63) is 60.6 Å². The summed E-state index contributed by atoms with van der Waals surface area (Å²) in [4.78, 5) is 15.0. The summed E-state index contributed by atoms with van der Waals surface area (Å²) in [7, 11) is -3.69. The van der Waals surface area contributed by atoms with Crippen molar-refractivity contribution >= 4 is 37.6 Å². The maximum absolute atomic E-state index is 12.9. The van der Waals surface area contributed by atoms with Crippen molar-refractivity contribution in [3.63, 3.8) is 0 Å². The molecular formula is C23H25N5O2S. The Labute approximate surface area is 181 Å². The highest BCUT2D eigenvalue weighted by atomic mass is 32.2. The molecule has 0 amide bonds. The van der Waals surface area contributed by atoms with Crippen molar-refractivity contribution in [1.29, 1.82) is 0 Å². The highest BCUT2D eigenvalue weighted by Crippen LogP contribution is 2.26. The van der Waals surface area contributed by atoms with Crippen LogP contribution in [0.4, 0.5) is 5.82 Å². The Bertz CT molecular complexity index is 1320. The molecule has 7 nitrogen and oxygen atoms in total. The number of hydrogen-bond donors (Lipinski definition) is 2. The van der Waals surface area contributed by atoms with E-state index in [0.29, 0.717) is 5.82 Å². The van der Waals surface area contributed by atoms with Gasteiger partial charge in [0.25, 0.3) is 0 Å². The van der Waals surface area contributed by atoms with Gasteiger partial charge < -0.3 is 9.88 Å². The van der Waals surface area contributed by atoms with Crippen molar-refractivity contribution in [3.8, 4) is 0 Å². The van der Waals surface area contributed by atoms with E-state index in [1.54, 1.807) is 24.4 Å². The highest BCUT2D eigenvalue weighted by Gasteiger charge is 2.19. The van der Waals surface area contributed by atoms with Crippen molar-refractivity contribution in [2.24, 2.45) is 0 Å². The van der Waals surface area contributed by atoms with E-state index in [2.05, 4.69) is 19.6 Å². The standard InChI is InChI=1S/C23H25N5O2S/c29-31(30,18-10-9-17-11-12-24-21(17)15-18)25-16-22-26-20-8-4-3-7-19(20)23(27-22)28-13-5-1-2-6-14-28/h3-4,7-12,15,24-25H,1-2,5-6,13-14,16H2. The lowest BCUT2D eigenvalue weighted by Gasteiger charge is -2.23. The van der Waals surface area contributed by atoms with Gasteiger partial charge in [0, 0.05) is 30.2 Å². The van der Waals surface area contributed by atoms with E-state index in [4.69, 9.17) is 4.98 Å². The number of aromatic nitrogens is 3. The van der Waals surface area contributed by atoms with Crippen LogP contribution < -0.4 is 9.62 Å². The second kappa shape index (κ2) is 8.28. The zero-order chi connectivity index (χ0) is 21.3. The zero-order valence-electron chi connectivity index (χ0n) is 17.2. The van der Waals surface area contributed by atoms with E-state index < -0.39 is 10.0 Å². The maximum Gasteiger partial charge on any atom is 0.241 e. The Hall–Kier alpha value is -2.97. The van der Waals surface area contributed by atoms with Gasteiger partial charge >= 0.3 is 0 Å². The minimum Gasteiger partial charge on any atom is -0.361 e. The van der Waals surface area contributed by atoms with Crippen molar-refractivity contribution in [2.45, 2.75) is 37.1 Å². The van der Waals surface area contributed by atoms with Gasteiger partial charge in [0.15, 0.2) is 0 Å². The van der Waals surface area contributed by atoms with Gasteiger partial charge in [-0.15, -0.1) is 0 Å². The summed E-state index contributed by atoms with van der Waals surface area (Å²) in [6, 6.07) is 14.9. The molecule has 0 spiro atoms. The SMILES string of the molecule is O=S(=O)(NCc1nc(N2CCCCCC2)c2ccccc2n1)c1ccc2cc[nH]c2c1. The summed E-state index contributed by atoms with van der Waals surface area (Å²) >= 11 is 0. The van der Waals surface area contributed by atoms with Crippen LogP contribution in [0, 0.1) is 0 Å². The van der Waals surface area contributed by atoms with Crippen molar-refractivity contribution in [1.82, 2.24) is 19.7 Å². The molecule has 0 atom stereocenters. The number of para-hydroxylation sites is 1. The number of aromatic amines is 1. The quantitative estimate of drug-likeness (QED) is 0.495.